The lowest BCUT2D eigenvalue weighted by Gasteiger charge is -2.05. The lowest BCUT2D eigenvalue weighted by Crippen LogP contribution is -2.17. The minimum atomic E-state index is -0.445. The summed E-state index contributed by atoms with van der Waals surface area (Å²) in [5, 5.41) is 2.37. The molecule has 124 valence electrons. The number of amides is 1. The van der Waals surface area contributed by atoms with E-state index in [4.69, 9.17) is 27.9 Å². The van der Waals surface area contributed by atoms with Gasteiger partial charge in [-0.2, -0.15) is 4.99 Å². The first-order chi connectivity index (χ1) is 11.6. The number of benzene rings is 1. The predicted molar refractivity (Wildman–Crippen MR) is 96.4 cm³/mol. The van der Waals surface area contributed by atoms with Crippen molar-refractivity contribution in [3.05, 3.63) is 60.7 Å². The predicted octanol–water partition coefficient (Wildman–Crippen LogP) is 4.11. The third kappa shape index (κ3) is 3.87. The SMILES string of the molecule is COc1ccc(Cl)cc1C(=O)/N=c1\sc(Cl)cn1Cc1cscn1. The Bertz CT molecular complexity index is 933. The average Bonchev–Trinajstić information content (AvgIpc) is 3.18. The van der Waals surface area contributed by atoms with Gasteiger partial charge in [0.1, 0.15) is 10.1 Å². The van der Waals surface area contributed by atoms with Gasteiger partial charge in [0, 0.05) is 16.6 Å². The number of carbonyl (C=O) groups excluding carboxylic acids is 1. The number of carbonyl (C=O) groups is 1. The van der Waals surface area contributed by atoms with Crippen molar-refractivity contribution < 1.29 is 9.53 Å². The van der Waals surface area contributed by atoms with Crippen LogP contribution < -0.4 is 9.54 Å². The molecular formula is C15H11Cl2N3O2S2. The van der Waals surface area contributed by atoms with Crippen molar-refractivity contribution in [2.24, 2.45) is 4.99 Å². The zero-order valence-electron chi connectivity index (χ0n) is 12.4. The number of ether oxygens (including phenoxy) is 1. The van der Waals surface area contributed by atoms with Crippen LogP contribution in [0.15, 0.2) is 40.3 Å². The molecule has 0 N–H and O–H groups in total. The van der Waals surface area contributed by atoms with Gasteiger partial charge in [0.15, 0.2) is 4.80 Å². The normalized spacial score (nSPS) is 11.7. The Morgan fingerprint density at radius 1 is 1.42 bits per heavy atom. The molecule has 0 aliphatic rings. The summed E-state index contributed by atoms with van der Waals surface area (Å²) in [4.78, 5) is 21.4. The molecule has 0 bridgehead atoms. The Morgan fingerprint density at radius 2 is 2.25 bits per heavy atom. The monoisotopic (exact) mass is 399 g/mol. The molecule has 1 amide bonds. The van der Waals surface area contributed by atoms with Gasteiger partial charge in [-0.25, -0.2) is 4.98 Å². The van der Waals surface area contributed by atoms with Crippen LogP contribution in [0, 0.1) is 0 Å². The van der Waals surface area contributed by atoms with Crippen molar-refractivity contribution in [1.82, 2.24) is 9.55 Å². The summed E-state index contributed by atoms with van der Waals surface area (Å²) in [5.74, 6) is -0.0262. The number of rotatable bonds is 4. The van der Waals surface area contributed by atoms with Gasteiger partial charge in [-0.15, -0.1) is 11.3 Å². The molecular weight excluding hydrogens is 389 g/mol. The second-order valence-electron chi connectivity index (χ2n) is 4.69. The zero-order valence-corrected chi connectivity index (χ0v) is 15.5. The van der Waals surface area contributed by atoms with Crippen LogP contribution in [0.2, 0.25) is 9.36 Å². The molecule has 24 heavy (non-hydrogen) atoms. The fourth-order valence-corrected chi connectivity index (χ4v) is 3.80. The molecule has 9 heteroatoms. The molecule has 0 saturated carbocycles. The first kappa shape index (κ1) is 17.2. The van der Waals surface area contributed by atoms with Crippen LogP contribution in [-0.2, 0) is 6.54 Å². The van der Waals surface area contributed by atoms with Gasteiger partial charge >= 0.3 is 0 Å². The van der Waals surface area contributed by atoms with Crippen molar-refractivity contribution in [2.75, 3.05) is 7.11 Å². The number of hydrogen-bond acceptors (Lipinski definition) is 5. The first-order valence-electron chi connectivity index (χ1n) is 6.72. The molecule has 0 radical (unpaired) electrons. The molecule has 1 aromatic carbocycles. The maximum absolute atomic E-state index is 12.5. The van der Waals surface area contributed by atoms with Crippen molar-refractivity contribution in [3.8, 4) is 5.75 Å². The summed E-state index contributed by atoms with van der Waals surface area (Å²) in [6.45, 7) is 0.492. The molecule has 0 unspecified atom stereocenters. The molecule has 0 spiro atoms. The van der Waals surface area contributed by atoms with Gasteiger partial charge in [-0.05, 0) is 18.2 Å². The molecule has 3 rings (SSSR count). The maximum atomic E-state index is 12.5. The van der Waals surface area contributed by atoms with Crippen LogP contribution in [0.5, 0.6) is 5.75 Å². The summed E-state index contributed by atoms with van der Waals surface area (Å²) in [5.41, 5.74) is 2.93. The third-order valence-corrected chi connectivity index (χ3v) is 5.10. The van der Waals surface area contributed by atoms with Crippen molar-refractivity contribution in [2.45, 2.75) is 6.54 Å². The van der Waals surface area contributed by atoms with E-state index in [1.54, 1.807) is 28.4 Å². The fourth-order valence-electron chi connectivity index (χ4n) is 2.03. The summed E-state index contributed by atoms with van der Waals surface area (Å²) in [6, 6.07) is 4.82. The average molecular weight is 400 g/mol. The molecule has 0 atom stereocenters. The number of methoxy groups -OCH3 is 1. The Morgan fingerprint density at radius 3 is 2.96 bits per heavy atom. The van der Waals surface area contributed by atoms with E-state index in [2.05, 4.69) is 9.98 Å². The fraction of sp³-hybridized carbons (Fsp3) is 0.133. The summed E-state index contributed by atoms with van der Waals surface area (Å²) < 4.78 is 7.53. The summed E-state index contributed by atoms with van der Waals surface area (Å²) in [7, 11) is 1.49. The Hall–Kier alpha value is -1.67. The highest BCUT2D eigenvalue weighted by Crippen LogP contribution is 2.23. The van der Waals surface area contributed by atoms with Crippen molar-refractivity contribution in [1.29, 1.82) is 0 Å². The van der Waals surface area contributed by atoms with Gasteiger partial charge in [-0.3, -0.25) is 4.79 Å². The second-order valence-corrected chi connectivity index (χ2v) is 7.48. The van der Waals surface area contributed by atoms with Crippen molar-refractivity contribution >= 4 is 51.8 Å². The van der Waals surface area contributed by atoms with Crippen LogP contribution in [0.3, 0.4) is 0 Å². The van der Waals surface area contributed by atoms with E-state index in [1.807, 2.05) is 5.38 Å². The van der Waals surface area contributed by atoms with Crippen molar-refractivity contribution in [3.63, 3.8) is 0 Å². The molecule has 5 nitrogen and oxygen atoms in total. The lowest BCUT2D eigenvalue weighted by atomic mass is 10.2. The Kier molecular flexibility index (Phi) is 5.35. The van der Waals surface area contributed by atoms with Gasteiger partial charge in [0.05, 0.1) is 30.4 Å². The quantitative estimate of drug-likeness (QED) is 0.662. The second kappa shape index (κ2) is 7.48. The van der Waals surface area contributed by atoms with Crippen LogP contribution in [0.1, 0.15) is 16.1 Å². The number of aromatic nitrogens is 2. The highest BCUT2D eigenvalue weighted by atomic mass is 35.5. The van der Waals surface area contributed by atoms with Gasteiger partial charge < -0.3 is 9.30 Å². The highest BCUT2D eigenvalue weighted by molar-refractivity contribution is 7.13. The standard InChI is InChI=1S/C15H11Cl2N3O2S2/c1-22-12-3-2-9(16)4-11(12)14(21)19-15-20(6-13(17)24-15)5-10-7-23-8-18-10/h2-4,6-8H,5H2,1H3/b19-15-. The molecule has 0 fully saturated rings. The number of hydrogen-bond donors (Lipinski definition) is 0. The lowest BCUT2D eigenvalue weighted by molar-refractivity contribution is 0.0995. The van der Waals surface area contributed by atoms with Gasteiger partial charge in [0.25, 0.3) is 5.91 Å². The Balaban J connectivity index is 1.99. The highest BCUT2D eigenvalue weighted by Gasteiger charge is 2.13. The minimum absolute atomic E-state index is 0.301. The Labute approximate surface area is 155 Å². The van der Waals surface area contributed by atoms with E-state index in [1.165, 1.54) is 35.8 Å². The molecule has 0 aliphatic heterocycles. The summed E-state index contributed by atoms with van der Waals surface area (Å²) in [6.07, 6.45) is 1.73. The minimum Gasteiger partial charge on any atom is -0.496 e. The third-order valence-electron chi connectivity index (χ3n) is 3.10. The maximum Gasteiger partial charge on any atom is 0.283 e. The van der Waals surface area contributed by atoms with E-state index in [-0.39, 0.29) is 0 Å². The van der Waals surface area contributed by atoms with Crippen LogP contribution in [0.25, 0.3) is 0 Å². The van der Waals surface area contributed by atoms with Crippen LogP contribution in [-0.4, -0.2) is 22.6 Å². The van der Waals surface area contributed by atoms with E-state index in [0.717, 1.165) is 5.69 Å². The number of halogens is 2. The smallest absolute Gasteiger partial charge is 0.283 e. The molecule has 0 saturated heterocycles. The van der Waals surface area contributed by atoms with E-state index < -0.39 is 5.91 Å². The molecule has 2 heterocycles. The largest absolute Gasteiger partial charge is 0.496 e. The van der Waals surface area contributed by atoms with Crippen LogP contribution in [0.4, 0.5) is 0 Å². The number of thiazole rings is 2. The topological polar surface area (TPSA) is 56.5 Å². The number of nitrogens with zero attached hydrogens (tertiary/aromatic N) is 3. The van der Waals surface area contributed by atoms with E-state index in [9.17, 15) is 4.79 Å². The molecule has 0 aliphatic carbocycles. The van der Waals surface area contributed by atoms with E-state index in [0.29, 0.717) is 32.0 Å². The first-order valence-corrected chi connectivity index (χ1v) is 9.24. The molecule has 2 aromatic heterocycles. The summed E-state index contributed by atoms with van der Waals surface area (Å²) >= 11 is 14.8. The van der Waals surface area contributed by atoms with Gasteiger partial charge in [-0.1, -0.05) is 34.5 Å². The van der Waals surface area contributed by atoms with Crippen LogP contribution >= 0.6 is 45.9 Å². The van der Waals surface area contributed by atoms with Gasteiger partial charge in [0.2, 0.25) is 0 Å². The van der Waals surface area contributed by atoms with E-state index >= 15 is 0 Å². The zero-order chi connectivity index (χ0) is 17.1. The molecule has 3 aromatic rings.